The third-order valence-corrected chi connectivity index (χ3v) is 6.03. The molecule has 5 nitrogen and oxygen atoms in total. The van der Waals surface area contributed by atoms with E-state index in [2.05, 4.69) is 77.0 Å². The van der Waals surface area contributed by atoms with Gasteiger partial charge in [0.2, 0.25) is 0 Å². The van der Waals surface area contributed by atoms with E-state index in [1.165, 1.54) is 16.7 Å². The zero-order chi connectivity index (χ0) is 23.9. The van der Waals surface area contributed by atoms with Crippen LogP contribution in [-0.4, -0.2) is 26.1 Å². The highest BCUT2D eigenvalue weighted by Gasteiger charge is 2.13. The molecule has 1 N–H and O–H groups in total. The molecule has 174 valence electrons. The maximum absolute atomic E-state index is 4.80. The van der Waals surface area contributed by atoms with E-state index < -0.39 is 0 Å². The Bertz CT molecular complexity index is 1370. The molecule has 5 heteroatoms. The molecule has 5 rings (SSSR count). The van der Waals surface area contributed by atoms with Crippen LogP contribution >= 0.6 is 0 Å². The lowest BCUT2D eigenvalue weighted by atomic mass is 9.96. The van der Waals surface area contributed by atoms with Crippen molar-refractivity contribution >= 4 is 22.6 Å². The van der Waals surface area contributed by atoms with E-state index in [1.807, 2.05) is 41.9 Å². The quantitative estimate of drug-likeness (QED) is 0.248. The van der Waals surface area contributed by atoms with Gasteiger partial charge in [-0.05, 0) is 36.0 Å². The van der Waals surface area contributed by atoms with Crippen molar-refractivity contribution < 1.29 is 0 Å². The van der Waals surface area contributed by atoms with Crippen molar-refractivity contribution in [3.63, 3.8) is 0 Å². The molecule has 0 aliphatic rings. The summed E-state index contributed by atoms with van der Waals surface area (Å²) in [6.45, 7) is 0.830. The van der Waals surface area contributed by atoms with Crippen LogP contribution in [0, 0.1) is 0 Å². The normalized spacial score (nSPS) is 10.9. The summed E-state index contributed by atoms with van der Waals surface area (Å²) in [6.07, 6.45) is 7.28. The van der Waals surface area contributed by atoms with Gasteiger partial charge in [-0.2, -0.15) is 0 Å². The number of fused-ring (bicyclic) bond motifs is 1. The van der Waals surface area contributed by atoms with Gasteiger partial charge in [0.15, 0.2) is 17.3 Å². The monoisotopic (exact) mass is 459 g/mol. The number of imidazole rings is 1. The van der Waals surface area contributed by atoms with E-state index in [4.69, 9.17) is 9.97 Å². The fourth-order valence-electron chi connectivity index (χ4n) is 4.21. The number of unbranched alkanes of at least 4 members (excludes halogenated alkanes) is 2. The number of allylic oxidation sites excluding steroid dienone is 1. The average Bonchev–Trinajstić information content (AvgIpc) is 3.30. The van der Waals surface area contributed by atoms with Crippen LogP contribution in [0.25, 0.3) is 28.1 Å². The largest absolute Gasteiger partial charge is 0.368 e. The maximum atomic E-state index is 4.80. The molecule has 0 amide bonds. The first-order valence-corrected chi connectivity index (χ1v) is 12.1. The average molecular weight is 460 g/mol. The molecule has 0 aliphatic heterocycles. The molecule has 0 saturated carbocycles. The summed E-state index contributed by atoms with van der Waals surface area (Å²) in [5.74, 6) is 1.50. The molecule has 0 bridgehead atoms. The highest BCUT2D eigenvalue weighted by molar-refractivity contribution is 5.85. The molecule has 0 spiro atoms. The van der Waals surface area contributed by atoms with Gasteiger partial charge in [0.25, 0.3) is 0 Å². The SMILES string of the molecule is Cn1cnc2c(NCCCCC=C(c3ccccc3)c3ccccc3)nc(-c3ccccc3)nc21. The summed E-state index contributed by atoms with van der Waals surface area (Å²) < 4.78 is 1.94. The van der Waals surface area contributed by atoms with Crippen molar-refractivity contribution in [2.24, 2.45) is 7.05 Å². The fourth-order valence-corrected chi connectivity index (χ4v) is 4.21. The first-order valence-electron chi connectivity index (χ1n) is 12.1. The number of nitrogens with zero attached hydrogens (tertiary/aromatic N) is 4. The molecule has 0 aliphatic carbocycles. The highest BCUT2D eigenvalue weighted by atomic mass is 15.1. The van der Waals surface area contributed by atoms with Gasteiger partial charge in [0.1, 0.15) is 5.52 Å². The van der Waals surface area contributed by atoms with E-state index >= 15 is 0 Å². The smallest absolute Gasteiger partial charge is 0.165 e. The zero-order valence-electron chi connectivity index (χ0n) is 19.9. The van der Waals surface area contributed by atoms with Gasteiger partial charge in [-0.3, -0.25) is 0 Å². The highest BCUT2D eigenvalue weighted by Crippen LogP contribution is 2.25. The van der Waals surface area contributed by atoms with Crippen LogP contribution in [0.5, 0.6) is 0 Å². The number of nitrogens with one attached hydrogen (secondary N) is 1. The number of aromatic nitrogens is 4. The van der Waals surface area contributed by atoms with E-state index in [-0.39, 0.29) is 0 Å². The molecular formula is C30H29N5. The second-order valence-corrected chi connectivity index (χ2v) is 8.56. The van der Waals surface area contributed by atoms with Gasteiger partial charge < -0.3 is 9.88 Å². The Morgan fingerprint density at radius 2 is 1.43 bits per heavy atom. The summed E-state index contributed by atoms with van der Waals surface area (Å²) in [4.78, 5) is 14.1. The minimum Gasteiger partial charge on any atom is -0.368 e. The lowest BCUT2D eigenvalue weighted by Gasteiger charge is -2.10. The van der Waals surface area contributed by atoms with Crippen molar-refractivity contribution in [1.82, 2.24) is 19.5 Å². The molecule has 0 atom stereocenters. The Kier molecular flexibility index (Phi) is 6.94. The van der Waals surface area contributed by atoms with Crippen LogP contribution in [0.3, 0.4) is 0 Å². The van der Waals surface area contributed by atoms with Gasteiger partial charge >= 0.3 is 0 Å². The van der Waals surface area contributed by atoms with Crippen LogP contribution in [0.1, 0.15) is 30.4 Å². The number of hydrogen-bond acceptors (Lipinski definition) is 4. The first-order chi connectivity index (χ1) is 17.3. The lowest BCUT2D eigenvalue weighted by molar-refractivity contribution is 0.777. The Morgan fingerprint density at radius 1 is 0.800 bits per heavy atom. The molecule has 2 heterocycles. The maximum Gasteiger partial charge on any atom is 0.165 e. The van der Waals surface area contributed by atoms with Crippen LogP contribution in [0.4, 0.5) is 5.82 Å². The van der Waals surface area contributed by atoms with Gasteiger partial charge in [0, 0.05) is 19.2 Å². The molecule has 35 heavy (non-hydrogen) atoms. The molecule has 3 aromatic carbocycles. The van der Waals surface area contributed by atoms with Crippen molar-refractivity contribution in [3.05, 3.63) is 115 Å². The Balaban J connectivity index is 1.26. The zero-order valence-corrected chi connectivity index (χ0v) is 19.9. The van der Waals surface area contributed by atoms with E-state index in [9.17, 15) is 0 Å². The second-order valence-electron chi connectivity index (χ2n) is 8.56. The molecular weight excluding hydrogens is 430 g/mol. The Morgan fingerprint density at radius 3 is 2.09 bits per heavy atom. The van der Waals surface area contributed by atoms with Crippen LogP contribution in [-0.2, 0) is 7.05 Å². The molecule has 0 unspecified atom stereocenters. The van der Waals surface area contributed by atoms with Gasteiger partial charge in [-0.15, -0.1) is 0 Å². The summed E-state index contributed by atoms with van der Waals surface area (Å²) >= 11 is 0. The number of hydrogen-bond donors (Lipinski definition) is 1. The van der Waals surface area contributed by atoms with E-state index in [0.29, 0.717) is 5.82 Å². The van der Waals surface area contributed by atoms with Crippen molar-refractivity contribution in [1.29, 1.82) is 0 Å². The van der Waals surface area contributed by atoms with Crippen molar-refractivity contribution in [2.45, 2.75) is 19.3 Å². The summed E-state index contributed by atoms with van der Waals surface area (Å²) in [7, 11) is 1.96. The van der Waals surface area contributed by atoms with Gasteiger partial charge in [-0.1, -0.05) is 97.1 Å². The van der Waals surface area contributed by atoms with E-state index in [1.54, 1.807) is 6.33 Å². The molecule has 5 aromatic rings. The summed E-state index contributed by atoms with van der Waals surface area (Å²) in [5.41, 5.74) is 6.44. The van der Waals surface area contributed by atoms with Crippen molar-refractivity contribution in [3.8, 4) is 11.4 Å². The standard InChI is InChI=1S/C30H29N5/c1-35-22-32-27-29(33-28(34-30(27)35)25-18-10-4-11-19-25)31-21-13-5-12-20-26(23-14-6-2-7-15-23)24-16-8-3-9-17-24/h2-4,6-11,14-20,22H,5,12-13,21H2,1H3,(H,31,33,34). The Hall–Kier alpha value is -4.25. The third kappa shape index (κ3) is 5.30. The van der Waals surface area contributed by atoms with E-state index in [0.717, 1.165) is 48.4 Å². The minimum atomic E-state index is 0.711. The Labute approximate surface area is 206 Å². The number of benzene rings is 3. The lowest BCUT2D eigenvalue weighted by Crippen LogP contribution is -2.06. The van der Waals surface area contributed by atoms with Crippen LogP contribution in [0.15, 0.2) is 103 Å². The predicted molar refractivity (Wildman–Crippen MR) is 144 cm³/mol. The molecule has 2 aromatic heterocycles. The van der Waals surface area contributed by atoms with Crippen LogP contribution < -0.4 is 5.32 Å². The fraction of sp³-hybridized carbons (Fsp3) is 0.167. The van der Waals surface area contributed by atoms with Crippen molar-refractivity contribution in [2.75, 3.05) is 11.9 Å². The summed E-state index contributed by atoms with van der Waals surface area (Å²) in [5, 5.41) is 3.52. The number of rotatable bonds is 9. The number of anilines is 1. The molecule has 0 fully saturated rings. The van der Waals surface area contributed by atoms with Gasteiger partial charge in [0.05, 0.1) is 6.33 Å². The second kappa shape index (κ2) is 10.8. The topological polar surface area (TPSA) is 55.6 Å². The first kappa shape index (κ1) is 22.5. The van der Waals surface area contributed by atoms with Crippen LogP contribution in [0.2, 0.25) is 0 Å². The summed E-state index contributed by atoms with van der Waals surface area (Å²) in [6, 6.07) is 31.3. The molecule has 0 saturated heterocycles. The predicted octanol–water partition coefficient (Wildman–Crippen LogP) is 6.74. The third-order valence-electron chi connectivity index (χ3n) is 6.03. The number of aryl methyl sites for hydroxylation is 1. The minimum absolute atomic E-state index is 0.711. The van der Waals surface area contributed by atoms with Gasteiger partial charge in [-0.25, -0.2) is 15.0 Å². The molecule has 0 radical (unpaired) electrons.